The van der Waals surface area contributed by atoms with Crippen LogP contribution in [-0.4, -0.2) is 60.3 Å². The summed E-state index contributed by atoms with van der Waals surface area (Å²) in [5, 5.41) is 29.0. The van der Waals surface area contributed by atoms with Gasteiger partial charge in [-0.1, -0.05) is 0 Å². The molecule has 0 heterocycles. The van der Waals surface area contributed by atoms with Crippen LogP contribution in [0.5, 0.6) is 0 Å². The van der Waals surface area contributed by atoms with Crippen molar-refractivity contribution in [1.29, 1.82) is 0 Å². The van der Waals surface area contributed by atoms with Crippen molar-refractivity contribution < 1.29 is 29.4 Å². The van der Waals surface area contributed by atoms with Gasteiger partial charge in [-0.05, 0) is 7.05 Å². The average molecular weight is 320 g/mol. The second kappa shape index (κ2) is 9.62. The van der Waals surface area contributed by atoms with Crippen LogP contribution in [0.15, 0.2) is 0 Å². The number of hydrogen-bond acceptors (Lipinski definition) is 8. The molecule has 22 heavy (non-hydrogen) atoms. The number of nitrogens with two attached hydrogens (primary N) is 1. The number of nitrogens with one attached hydrogen (secondary N) is 5. The average Bonchev–Trinajstić information content (AvgIpc) is 2.34. The van der Waals surface area contributed by atoms with Gasteiger partial charge >= 0.3 is 6.03 Å². The van der Waals surface area contributed by atoms with Crippen LogP contribution in [0, 0.1) is 0 Å². The lowest BCUT2D eigenvalue weighted by molar-refractivity contribution is -0.209. The maximum atomic E-state index is 11.4. The van der Waals surface area contributed by atoms with E-state index in [1.165, 1.54) is 0 Å². The van der Waals surface area contributed by atoms with Crippen molar-refractivity contribution in [1.82, 2.24) is 26.6 Å². The van der Waals surface area contributed by atoms with Gasteiger partial charge in [-0.3, -0.25) is 29.8 Å². The van der Waals surface area contributed by atoms with Gasteiger partial charge in [0.15, 0.2) is 0 Å². The molecule has 0 unspecified atom stereocenters. The highest BCUT2D eigenvalue weighted by atomic mass is 16.6. The standard InChI is InChI=1S/C10H20N6O6/c1-12-5-14-7(18)3-9(20)16-10(21,22)15-8(19)2-6(17)13-4-11/h12,21-22H,2-5,11H2,1H3,(H,13,17)(H,14,18)(H,15,19)(H,16,20). The predicted octanol–water partition coefficient (Wildman–Crippen LogP) is -5.08. The van der Waals surface area contributed by atoms with E-state index < -0.39 is 42.5 Å². The van der Waals surface area contributed by atoms with Crippen molar-refractivity contribution in [2.45, 2.75) is 18.9 Å². The monoisotopic (exact) mass is 320 g/mol. The Kier molecular flexibility index (Phi) is 8.62. The zero-order valence-corrected chi connectivity index (χ0v) is 11.9. The third-order valence-corrected chi connectivity index (χ3v) is 2.03. The van der Waals surface area contributed by atoms with Gasteiger partial charge in [-0.15, -0.1) is 0 Å². The Morgan fingerprint density at radius 3 is 1.77 bits per heavy atom. The summed E-state index contributed by atoms with van der Waals surface area (Å²) in [6.07, 6.45) is -1.41. The summed E-state index contributed by atoms with van der Waals surface area (Å²) in [4.78, 5) is 45.0. The number of aliphatic hydroxyl groups is 2. The maximum Gasteiger partial charge on any atom is 0.337 e. The molecule has 0 radical (unpaired) electrons. The normalized spacial score (nSPS) is 10.5. The molecule has 0 saturated heterocycles. The molecule has 0 atom stereocenters. The number of carbonyl (C=O) groups is 4. The van der Waals surface area contributed by atoms with E-state index in [4.69, 9.17) is 5.73 Å². The number of rotatable bonds is 9. The maximum absolute atomic E-state index is 11.4. The zero-order chi connectivity index (χ0) is 17.2. The van der Waals surface area contributed by atoms with Gasteiger partial charge in [-0.2, -0.15) is 0 Å². The number of amides is 4. The van der Waals surface area contributed by atoms with Crippen LogP contribution in [0.1, 0.15) is 12.8 Å². The third kappa shape index (κ3) is 9.60. The minimum absolute atomic E-state index is 0.127. The second-order valence-corrected chi connectivity index (χ2v) is 4.06. The molecule has 4 amide bonds. The van der Waals surface area contributed by atoms with E-state index >= 15 is 0 Å². The molecule has 0 aromatic heterocycles. The molecule has 0 aliphatic heterocycles. The van der Waals surface area contributed by atoms with E-state index in [0.29, 0.717) is 0 Å². The first kappa shape index (κ1) is 19.7. The van der Waals surface area contributed by atoms with E-state index in [0.717, 1.165) is 0 Å². The van der Waals surface area contributed by atoms with Gasteiger partial charge in [0.05, 0.1) is 13.3 Å². The fraction of sp³-hybridized carbons (Fsp3) is 0.600. The summed E-state index contributed by atoms with van der Waals surface area (Å²) in [7, 11) is 1.57. The fourth-order valence-electron chi connectivity index (χ4n) is 1.23. The molecule has 0 rings (SSSR count). The molecule has 126 valence electrons. The first-order chi connectivity index (χ1) is 10.2. The van der Waals surface area contributed by atoms with Gasteiger partial charge in [0.25, 0.3) is 0 Å². The molecule has 12 heteroatoms. The lowest BCUT2D eigenvalue weighted by Crippen LogP contribution is -2.61. The molecular weight excluding hydrogens is 300 g/mol. The first-order valence-electron chi connectivity index (χ1n) is 6.15. The smallest absolute Gasteiger partial charge is 0.337 e. The highest BCUT2D eigenvalue weighted by Crippen LogP contribution is 1.93. The van der Waals surface area contributed by atoms with Crippen LogP contribution in [-0.2, 0) is 19.2 Å². The van der Waals surface area contributed by atoms with E-state index in [-0.39, 0.29) is 13.3 Å². The van der Waals surface area contributed by atoms with Crippen molar-refractivity contribution in [2.24, 2.45) is 5.73 Å². The van der Waals surface area contributed by atoms with E-state index in [1.54, 1.807) is 17.7 Å². The highest BCUT2D eigenvalue weighted by molar-refractivity contribution is 5.98. The van der Waals surface area contributed by atoms with Crippen LogP contribution in [0.3, 0.4) is 0 Å². The lowest BCUT2D eigenvalue weighted by Gasteiger charge is -2.23. The second-order valence-electron chi connectivity index (χ2n) is 4.06. The van der Waals surface area contributed by atoms with Crippen molar-refractivity contribution in [3.63, 3.8) is 0 Å². The lowest BCUT2D eigenvalue weighted by atomic mass is 10.3. The summed E-state index contributed by atoms with van der Waals surface area (Å²) in [6.45, 7) is -0.0591. The summed E-state index contributed by atoms with van der Waals surface area (Å²) in [6, 6.07) is -3.10. The van der Waals surface area contributed by atoms with Crippen LogP contribution >= 0.6 is 0 Å². The zero-order valence-electron chi connectivity index (χ0n) is 11.9. The van der Waals surface area contributed by atoms with Crippen molar-refractivity contribution in [2.75, 3.05) is 20.4 Å². The predicted molar refractivity (Wildman–Crippen MR) is 72.0 cm³/mol. The van der Waals surface area contributed by atoms with E-state index in [2.05, 4.69) is 16.0 Å². The van der Waals surface area contributed by atoms with Gasteiger partial charge in [0.2, 0.25) is 23.6 Å². The number of hydrogen-bond donors (Lipinski definition) is 8. The molecule has 0 aromatic carbocycles. The van der Waals surface area contributed by atoms with Crippen molar-refractivity contribution in [3.8, 4) is 0 Å². The first-order valence-corrected chi connectivity index (χ1v) is 6.15. The molecular formula is C10H20N6O6. The molecule has 0 fully saturated rings. The molecule has 0 spiro atoms. The largest absolute Gasteiger partial charge is 0.343 e. The molecule has 9 N–H and O–H groups in total. The summed E-state index contributed by atoms with van der Waals surface area (Å²) in [5.74, 6) is -3.54. The minimum Gasteiger partial charge on any atom is -0.343 e. The van der Waals surface area contributed by atoms with Gasteiger partial charge in [0.1, 0.15) is 12.8 Å². The fourth-order valence-corrected chi connectivity index (χ4v) is 1.23. The molecule has 0 aromatic rings. The Labute approximate surface area is 125 Å². The quantitative estimate of drug-likeness (QED) is 0.152. The SMILES string of the molecule is CNCNC(=O)CC(=O)NC(O)(O)NC(=O)CC(=O)NCN. The molecule has 0 aliphatic rings. The van der Waals surface area contributed by atoms with Crippen molar-refractivity contribution in [3.05, 3.63) is 0 Å². The molecule has 12 nitrogen and oxygen atoms in total. The van der Waals surface area contributed by atoms with Crippen LogP contribution in [0.25, 0.3) is 0 Å². The van der Waals surface area contributed by atoms with Crippen LogP contribution in [0.2, 0.25) is 0 Å². The molecule has 0 bridgehead atoms. The Morgan fingerprint density at radius 2 is 1.36 bits per heavy atom. The third-order valence-electron chi connectivity index (χ3n) is 2.03. The van der Waals surface area contributed by atoms with Crippen LogP contribution < -0.4 is 32.3 Å². The highest BCUT2D eigenvalue weighted by Gasteiger charge is 2.29. The summed E-state index contributed by atoms with van der Waals surface area (Å²) in [5.41, 5.74) is 5.02. The Balaban J connectivity index is 4.26. The van der Waals surface area contributed by atoms with Gasteiger partial charge in [-0.25, -0.2) is 0 Å². The van der Waals surface area contributed by atoms with E-state index in [1.807, 2.05) is 0 Å². The van der Waals surface area contributed by atoms with Gasteiger partial charge < -0.3 is 31.9 Å². The van der Waals surface area contributed by atoms with Crippen LogP contribution in [0.4, 0.5) is 0 Å². The van der Waals surface area contributed by atoms with E-state index in [9.17, 15) is 29.4 Å². The Bertz CT molecular complexity index is 426. The molecule has 0 aliphatic carbocycles. The molecule has 0 saturated carbocycles. The topological polar surface area (TPSA) is 195 Å². The van der Waals surface area contributed by atoms with Gasteiger partial charge in [0, 0.05) is 0 Å². The number of carbonyl (C=O) groups excluding carboxylic acids is 4. The summed E-state index contributed by atoms with van der Waals surface area (Å²) < 4.78 is 0. The Hall–Kier alpha value is -2.28. The minimum atomic E-state index is -3.10. The van der Waals surface area contributed by atoms with Crippen molar-refractivity contribution >= 4 is 23.6 Å². The Morgan fingerprint density at radius 1 is 0.909 bits per heavy atom. The summed E-state index contributed by atoms with van der Waals surface area (Å²) >= 11 is 0.